The Labute approximate surface area is 296 Å². The Morgan fingerprint density at radius 1 is 0.750 bits per heavy atom. The number of carbonyl (C=O) groups excluding carboxylic acids is 1. The lowest BCUT2D eigenvalue weighted by atomic mass is 10.00. The van der Waals surface area contributed by atoms with Crippen LogP contribution in [-0.4, -0.2) is 33.5 Å². The first-order chi connectivity index (χ1) is 25.2. The van der Waals surface area contributed by atoms with Crippen LogP contribution >= 0.6 is 0 Å². The van der Waals surface area contributed by atoms with E-state index in [4.69, 9.17) is 0 Å². The van der Waals surface area contributed by atoms with Crippen LogP contribution in [0, 0.1) is 0 Å². The second-order valence-electron chi connectivity index (χ2n) is 12.6. The van der Waals surface area contributed by atoms with Crippen LogP contribution in [-0.2, 0) is 16.7 Å². The maximum absolute atomic E-state index is 14.0. The topological polar surface area (TPSA) is 149 Å². The first kappa shape index (κ1) is 31.4. The van der Waals surface area contributed by atoms with Crippen molar-refractivity contribution in [3.05, 3.63) is 127 Å². The first-order valence-corrected chi connectivity index (χ1v) is 18.1. The zero-order valence-electron chi connectivity index (χ0n) is 27.6. The van der Waals surface area contributed by atoms with Crippen LogP contribution in [0.15, 0.2) is 136 Å². The molecule has 4 N–H and O–H groups in total. The number of para-hydroxylation sites is 2. The molecule has 0 atom stereocenters. The van der Waals surface area contributed by atoms with Crippen molar-refractivity contribution in [3.63, 3.8) is 0 Å². The van der Waals surface area contributed by atoms with Gasteiger partial charge in [0.05, 0.1) is 16.8 Å². The molecule has 0 unspecified atom stereocenters. The molecule has 0 spiro atoms. The Bertz CT molecular complexity index is 3110. The third-order valence-corrected chi connectivity index (χ3v) is 10.6. The second kappa shape index (κ2) is 11.8. The Kier molecular flexibility index (Phi) is 7.11. The van der Waals surface area contributed by atoms with E-state index in [9.17, 15) is 22.9 Å². The lowest BCUT2D eigenvalue weighted by Crippen LogP contribution is -2.12. The summed E-state index contributed by atoms with van der Waals surface area (Å²) < 4.78 is 36.3. The largest absolute Gasteiger partial charge is 0.505 e. The quantitative estimate of drug-likeness (QED) is 0.100. The van der Waals surface area contributed by atoms with Gasteiger partial charge in [0.1, 0.15) is 10.6 Å². The van der Waals surface area contributed by atoms with E-state index in [0.29, 0.717) is 33.1 Å². The van der Waals surface area contributed by atoms with E-state index in [1.165, 1.54) is 12.1 Å². The number of anilines is 1. The molecular weight excluding hydrogens is 675 g/mol. The number of amides is 1. The van der Waals surface area contributed by atoms with Gasteiger partial charge in [-0.05, 0) is 60.8 Å². The predicted molar refractivity (Wildman–Crippen MR) is 206 cm³/mol. The Hall–Kier alpha value is -6.56. The van der Waals surface area contributed by atoms with Gasteiger partial charge in [-0.3, -0.25) is 9.35 Å². The minimum Gasteiger partial charge on any atom is -0.505 e. The number of nitrogens with one attached hydrogen (secondary N) is 2. The minimum absolute atomic E-state index is 0.000394. The van der Waals surface area contributed by atoms with Crippen molar-refractivity contribution in [3.8, 4) is 5.75 Å². The molecule has 254 valence electrons. The van der Waals surface area contributed by atoms with Crippen LogP contribution < -0.4 is 5.32 Å². The molecule has 0 fully saturated rings. The highest BCUT2D eigenvalue weighted by Crippen LogP contribution is 2.45. The Balaban J connectivity index is 1.21. The summed E-state index contributed by atoms with van der Waals surface area (Å²) in [6, 6.07) is 36.6. The van der Waals surface area contributed by atoms with Gasteiger partial charge < -0.3 is 20.0 Å². The summed E-state index contributed by atoms with van der Waals surface area (Å²) in [7, 11) is -4.51. The highest BCUT2D eigenvalue weighted by Gasteiger charge is 2.23. The molecule has 11 heteroatoms. The van der Waals surface area contributed by atoms with Gasteiger partial charge in [-0.2, -0.15) is 8.42 Å². The van der Waals surface area contributed by atoms with Crippen molar-refractivity contribution in [2.45, 2.75) is 18.4 Å². The van der Waals surface area contributed by atoms with Crippen LogP contribution in [0.2, 0.25) is 0 Å². The molecule has 52 heavy (non-hydrogen) atoms. The summed E-state index contributed by atoms with van der Waals surface area (Å²) in [5.74, 6) is -0.906. The molecular formula is C41H29N5O5S. The zero-order valence-corrected chi connectivity index (χ0v) is 28.4. The molecule has 2 heterocycles. The van der Waals surface area contributed by atoms with Gasteiger partial charge in [-0.15, -0.1) is 10.2 Å². The average Bonchev–Trinajstić information content (AvgIpc) is 3.69. The van der Waals surface area contributed by atoms with E-state index in [0.717, 1.165) is 44.6 Å². The van der Waals surface area contributed by atoms with Gasteiger partial charge in [0.15, 0.2) is 5.75 Å². The number of rotatable bonds is 6. The molecule has 1 amide bonds. The highest BCUT2D eigenvalue weighted by molar-refractivity contribution is 7.86. The lowest BCUT2D eigenvalue weighted by molar-refractivity contribution is 0.102. The van der Waals surface area contributed by atoms with Gasteiger partial charge >= 0.3 is 0 Å². The van der Waals surface area contributed by atoms with Crippen LogP contribution in [0.5, 0.6) is 5.75 Å². The van der Waals surface area contributed by atoms with Crippen molar-refractivity contribution in [2.24, 2.45) is 10.2 Å². The molecule has 2 aromatic heterocycles. The molecule has 0 aliphatic heterocycles. The second-order valence-corrected chi connectivity index (χ2v) is 14.0. The minimum atomic E-state index is -4.51. The number of aromatic hydroxyl groups is 1. The third kappa shape index (κ3) is 4.89. The molecule has 0 aliphatic carbocycles. The number of phenolic OH excluding ortho intramolecular Hbond substituents is 1. The molecule has 9 rings (SSSR count). The monoisotopic (exact) mass is 703 g/mol. The SMILES string of the molecule is CCn1c2ccccc2c2cc(NC(=O)c3cc4ccc5c6ccccc6[nH]c5c4c(N=Nc4ccc(S(=O)(=O)O)c5ccccc45)c3O)ccc21. The summed E-state index contributed by atoms with van der Waals surface area (Å²) in [5, 5.41) is 29.8. The number of benzene rings is 7. The molecule has 10 nitrogen and oxygen atoms in total. The van der Waals surface area contributed by atoms with E-state index in [1.54, 1.807) is 30.3 Å². The fourth-order valence-electron chi connectivity index (χ4n) is 7.39. The van der Waals surface area contributed by atoms with E-state index >= 15 is 0 Å². The molecule has 0 radical (unpaired) electrons. The van der Waals surface area contributed by atoms with Gasteiger partial charge in [0, 0.05) is 66.5 Å². The number of azo groups is 1. The maximum atomic E-state index is 14.0. The number of hydrogen-bond acceptors (Lipinski definition) is 6. The van der Waals surface area contributed by atoms with Crippen LogP contribution in [0.1, 0.15) is 17.3 Å². The van der Waals surface area contributed by atoms with Crippen molar-refractivity contribution in [1.29, 1.82) is 0 Å². The number of nitrogens with zero attached hydrogens (tertiary/aromatic N) is 3. The van der Waals surface area contributed by atoms with E-state index in [2.05, 4.69) is 44.2 Å². The number of H-pyrrole nitrogens is 1. The van der Waals surface area contributed by atoms with Crippen molar-refractivity contribution >= 4 is 98.2 Å². The summed E-state index contributed by atoms with van der Waals surface area (Å²) >= 11 is 0. The molecule has 0 saturated heterocycles. The normalized spacial score (nSPS) is 12.3. The standard InChI is InChI=1S/C41H29N5O5S/c1-2-46-34-14-8-6-11-27(34)30-22-24(16-19-35(30)46)42-41(48)31-21-23-15-17-29-26-10-5-7-13-32(26)43-38(29)37(23)39(40(31)47)45-44-33-18-20-36(52(49,50)51)28-12-4-3-9-25(28)33/h3-22,43,47H,2H2,1H3,(H,42,48)(H,49,50,51). The molecule has 0 saturated carbocycles. The van der Waals surface area contributed by atoms with Crippen molar-refractivity contribution < 1.29 is 22.9 Å². The number of fused-ring (bicyclic) bond motifs is 9. The average molecular weight is 704 g/mol. The zero-order chi connectivity index (χ0) is 35.7. The van der Waals surface area contributed by atoms with Crippen molar-refractivity contribution in [2.75, 3.05) is 5.32 Å². The maximum Gasteiger partial charge on any atom is 0.295 e. The van der Waals surface area contributed by atoms with E-state index < -0.39 is 16.0 Å². The molecule has 9 aromatic rings. The first-order valence-electron chi connectivity index (χ1n) is 16.6. The van der Waals surface area contributed by atoms with Crippen LogP contribution in [0.4, 0.5) is 17.1 Å². The van der Waals surface area contributed by atoms with Gasteiger partial charge in [0.25, 0.3) is 16.0 Å². The number of carbonyl (C=O) groups is 1. The smallest absolute Gasteiger partial charge is 0.295 e. The Morgan fingerprint density at radius 2 is 1.46 bits per heavy atom. The highest BCUT2D eigenvalue weighted by atomic mass is 32.2. The van der Waals surface area contributed by atoms with Gasteiger partial charge in [0.2, 0.25) is 0 Å². The predicted octanol–water partition coefficient (Wildman–Crippen LogP) is 10.4. The lowest BCUT2D eigenvalue weighted by Gasteiger charge is -2.13. The summed E-state index contributed by atoms with van der Waals surface area (Å²) in [6.07, 6.45) is 0. The van der Waals surface area contributed by atoms with E-state index in [-0.39, 0.29) is 27.3 Å². The third-order valence-electron chi connectivity index (χ3n) is 9.72. The molecule has 7 aromatic carbocycles. The van der Waals surface area contributed by atoms with Gasteiger partial charge in [-0.25, -0.2) is 0 Å². The number of hydrogen-bond donors (Lipinski definition) is 4. The fraction of sp³-hybridized carbons (Fsp3) is 0.0488. The summed E-state index contributed by atoms with van der Waals surface area (Å²) in [6.45, 7) is 2.89. The Morgan fingerprint density at radius 3 is 2.25 bits per heavy atom. The molecule has 0 aliphatic rings. The van der Waals surface area contributed by atoms with E-state index in [1.807, 2.05) is 66.7 Å². The summed E-state index contributed by atoms with van der Waals surface area (Å²) in [5.41, 5.74) is 4.68. The number of aromatic amines is 1. The summed E-state index contributed by atoms with van der Waals surface area (Å²) in [4.78, 5) is 17.2. The number of aryl methyl sites for hydroxylation is 1. The fourth-order valence-corrected chi connectivity index (χ4v) is 8.09. The van der Waals surface area contributed by atoms with Crippen molar-refractivity contribution in [1.82, 2.24) is 9.55 Å². The van der Waals surface area contributed by atoms with Crippen LogP contribution in [0.3, 0.4) is 0 Å². The number of phenols is 1. The molecule has 0 bridgehead atoms. The van der Waals surface area contributed by atoms with Gasteiger partial charge in [-0.1, -0.05) is 72.8 Å². The number of aromatic nitrogens is 2. The van der Waals surface area contributed by atoms with Crippen LogP contribution in [0.25, 0.3) is 65.2 Å².